The number of rotatable bonds is 4. The Morgan fingerprint density at radius 2 is 2.31 bits per heavy atom. The Bertz CT molecular complexity index is 159. The second kappa shape index (κ2) is 5.35. The van der Waals surface area contributed by atoms with E-state index in [9.17, 15) is 4.79 Å². The Labute approximate surface area is 79.8 Å². The first kappa shape index (κ1) is 10.7. The predicted octanol–water partition coefficient (Wildman–Crippen LogP) is 0.747. The minimum absolute atomic E-state index is 0.0194. The van der Waals surface area contributed by atoms with Gasteiger partial charge < -0.3 is 10.1 Å². The van der Waals surface area contributed by atoms with Crippen LogP contribution in [0, 0.1) is 11.8 Å². The Morgan fingerprint density at radius 1 is 1.54 bits per heavy atom. The van der Waals surface area contributed by atoms with Gasteiger partial charge in [0.1, 0.15) is 0 Å². The SMILES string of the molecule is CC(C)COC1CNCC([C]=O)C1. The summed E-state index contributed by atoms with van der Waals surface area (Å²) in [6, 6.07) is 0. The molecule has 1 N–H and O–H groups in total. The van der Waals surface area contributed by atoms with Gasteiger partial charge in [0.05, 0.1) is 6.10 Å². The second-order valence-corrected chi connectivity index (χ2v) is 4.06. The molecule has 13 heavy (non-hydrogen) atoms. The molecule has 0 aliphatic carbocycles. The van der Waals surface area contributed by atoms with Crippen molar-refractivity contribution in [3.63, 3.8) is 0 Å². The zero-order chi connectivity index (χ0) is 9.68. The van der Waals surface area contributed by atoms with Crippen LogP contribution in [-0.2, 0) is 9.53 Å². The van der Waals surface area contributed by atoms with Gasteiger partial charge in [0.15, 0.2) is 0 Å². The van der Waals surface area contributed by atoms with Crippen molar-refractivity contribution in [2.45, 2.75) is 26.4 Å². The molecule has 2 unspecified atom stereocenters. The summed E-state index contributed by atoms with van der Waals surface area (Å²) in [7, 11) is 0. The highest BCUT2D eigenvalue weighted by molar-refractivity contribution is 5.55. The van der Waals surface area contributed by atoms with Crippen LogP contribution in [0.5, 0.6) is 0 Å². The first-order valence-corrected chi connectivity index (χ1v) is 4.92. The van der Waals surface area contributed by atoms with E-state index in [1.54, 1.807) is 0 Å². The van der Waals surface area contributed by atoms with E-state index in [-0.39, 0.29) is 12.0 Å². The molecular formula is C10H18NO2. The molecule has 75 valence electrons. The van der Waals surface area contributed by atoms with E-state index in [0.717, 1.165) is 26.1 Å². The van der Waals surface area contributed by atoms with Crippen molar-refractivity contribution in [1.29, 1.82) is 0 Å². The Kier molecular flexibility index (Phi) is 4.39. The fourth-order valence-electron chi connectivity index (χ4n) is 1.45. The molecule has 1 fully saturated rings. The summed E-state index contributed by atoms with van der Waals surface area (Å²) in [5, 5.41) is 3.17. The van der Waals surface area contributed by atoms with Gasteiger partial charge in [0, 0.05) is 25.6 Å². The highest BCUT2D eigenvalue weighted by Gasteiger charge is 2.22. The van der Waals surface area contributed by atoms with E-state index in [0.29, 0.717) is 5.92 Å². The molecule has 0 aromatic rings. The average Bonchev–Trinajstić information content (AvgIpc) is 2.15. The molecule has 0 saturated carbocycles. The quantitative estimate of drug-likeness (QED) is 0.700. The molecule has 1 radical (unpaired) electrons. The minimum Gasteiger partial charge on any atom is -0.377 e. The Morgan fingerprint density at radius 3 is 2.92 bits per heavy atom. The summed E-state index contributed by atoms with van der Waals surface area (Å²) in [5.74, 6) is 0.575. The third-order valence-corrected chi connectivity index (χ3v) is 2.14. The molecular weight excluding hydrogens is 166 g/mol. The van der Waals surface area contributed by atoms with Crippen molar-refractivity contribution in [3.8, 4) is 0 Å². The average molecular weight is 184 g/mol. The molecule has 1 aliphatic rings. The summed E-state index contributed by atoms with van der Waals surface area (Å²) >= 11 is 0. The van der Waals surface area contributed by atoms with Gasteiger partial charge in [-0.3, -0.25) is 4.79 Å². The number of ether oxygens (including phenoxy) is 1. The van der Waals surface area contributed by atoms with E-state index in [1.807, 2.05) is 6.29 Å². The monoisotopic (exact) mass is 184 g/mol. The second-order valence-electron chi connectivity index (χ2n) is 4.06. The van der Waals surface area contributed by atoms with Gasteiger partial charge in [-0.05, 0) is 12.3 Å². The molecule has 1 saturated heterocycles. The summed E-state index contributed by atoms with van der Waals surface area (Å²) in [5.41, 5.74) is 0. The molecule has 1 aliphatic heterocycles. The van der Waals surface area contributed by atoms with Crippen LogP contribution in [0.3, 0.4) is 0 Å². The molecule has 0 aromatic carbocycles. The van der Waals surface area contributed by atoms with Crippen LogP contribution in [0.2, 0.25) is 0 Å². The maximum absolute atomic E-state index is 10.4. The number of carbonyl (C=O) groups excluding carboxylic acids is 1. The lowest BCUT2D eigenvalue weighted by Gasteiger charge is -2.27. The van der Waals surface area contributed by atoms with Crippen LogP contribution in [0.25, 0.3) is 0 Å². The predicted molar refractivity (Wildman–Crippen MR) is 51.2 cm³/mol. The third-order valence-electron chi connectivity index (χ3n) is 2.14. The lowest BCUT2D eigenvalue weighted by atomic mass is 9.99. The molecule has 0 amide bonds. The first-order valence-electron chi connectivity index (χ1n) is 4.92. The van der Waals surface area contributed by atoms with Crippen molar-refractivity contribution in [3.05, 3.63) is 0 Å². The maximum Gasteiger partial charge on any atom is 0.203 e. The fraction of sp³-hybridized carbons (Fsp3) is 0.900. The van der Waals surface area contributed by atoms with Gasteiger partial charge in [0.25, 0.3) is 0 Å². The summed E-state index contributed by atoms with van der Waals surface area (Å²) < 4.78 is 5.64. The summed E-state index contributed by atoms with van der Waals surface area (Å²) in [6.07, 6.45) is 3.05. The van der Waals surface area contributed by atoms with E-state index < -0.39 is 0 Å². The number of nitrogens with one attached hydrogen (secondary N) is 1. The fourth-order valence-corrected chi connectivity index (χ4v) is 1.45. The van der Waals surface area contributed by atoms with Crippen LogP contribution >= 0.6 is 0 Å². The molecule has 0 bridgehead atoms. The zero-order valence-electron chi connectivity index (χ0n) is 8.38. The van der Waals surface area contributed by atoms with Crippen LogP contribution in [0.1, 0.15) is 20.3 Å². The first-order chi connectivity index (χ1) is 6.22. The molecule has 3 heteroatoms. The zero-order valence-corrected chi connectivity index (χ0v) is 8.38. The van der Waals surface area contributed by atoms with E-state index in [2.05, 4.69) is 19.2 Å². The van der Waals surface area contributed by atoms with E-state index in [1.165, 1.54) is 0 Å². The van der Waals surface area contributed by atoms with Gasteiger partial charge in [0.2, 0.25) is 6.29 Å². The third kappa shape index (κ3) is 3.87. The molecule has 3 nitrogen and oxygen atoms in total. The standard InChI is InChI=1S/C10H18NO2/c1-8(2)7-13-10-3-9(6-12)4-11-5-10/h8-11H,3-5,7H2,1-2H3. The molecule has 1 heterocycles. The highest BCUT2D eigenvalue weighted by atomic mass is 16.5. The number of hydrogen-bond donors (Lipinski definition) is 1. The number of hydrogen-bond acceptors (Lipinski definition) is 3. The lowest BCUT2D eigenvalue weighted by molar-refractivity contribution is 0.0155. The Balaban J connectivity index is 2.21. The minimum atomic E-state index is 0.0194. The van der Waals surface area contributed by atoms with Crippen molar-refractivity contribution in [2.75, 3.05) is 19.7 Å². The summed E-state index contributed by atoms with van der Waals surface area (Å²) in [4.78, 5) is 10.4. The van der Waals surface area contributed by atoms with E-state index >= 15 is 0 Å². The van der Waals surface area contributed by atoms with E-state index in [4.69, 9.17) is 4.74 Å². The molecule has 2 atom stereocenters. The van der Waals surface area contributed by atoms with Crippen molar-refractivity contribution >= 4 is 6.29 Å². The van der Waals surface area contributed by atoms with Crippen molar-refractivity contribution in [2.24, 2.45) is 11.8 Å². The van der Waals surface area contributed by atoms with Gasteiger partial charge >= 0.3 is 0 Å². The highest BCUT2D eigenvalue weighted by Crippen LogP contribution is 2.12. The van der Waals surface area contributed by atoms with Crippen molar-refractivity contribution < 1.29 is 9.53 Å². The molecule has 0 spiro atoms. The normalized spacial score (nSPS) is 29.2. The number of piperidine rings is 1. The van der Waals surface area contributed by atoms with Crippen LogP contribution in [0.4, 0.5) is 0 Å². The van der Waals surface area contributed by atoms with Gasteiger partial charge in [-0.1, -0.05) is 13.8 Å². The van der Waals surface area contributed by atoms with Gasteiger partial charge in [-0.25, -0.2) is 0 Å². The largest absolute Gasteiger partial charge is 0.377 e. The Hall–Kier alpha value is -0.410. The van der Waals surface area contributed by atoms with Crippen LogP contribution < -0.4 is 5.32 Å². The van der Waals surface area contributed by atoms with Gasteiger partial charge in [-0.15, -0.1) is 0 Å². The van der Waals surface area contributed by atoms with Crippen LogP contribution in [-0.4, -0.2) is 32.1 Å². The summed E-state index contributed by atoms with van der Waals surface area (Å²) in [6.45, 7) is 6.65. The topological polar surface area (TPSA) is 38.3 Å². The van der Waals surface area contributed by atoms with Crippen LogP contribution in [0.15, 0.2) is 0 Å². The molecule has 0 aromatic heterocycles. The molecule has 1 rings (SSSR count). The lowest BCUT2D eigenvalue weighted by Crippen LogP contribution is -2.41. The smallest absolute Gasteiger partial charge is 0.203 e. The van der Waals surface area contributed by atoms with Crippen molar-refractivity contribution in [1.82, 2.24) is 5.32 Å². The maximum atomic E-state index is 10.4. The van der Waals surface area contributed by atoms with Gasteiger partial charge in [-0.2, -0.15) is 0 Å².